The fourth-order valence-corrected chi connectivity index (χ4v) is 2.09. The minimum Gasteiger partial charge on any atom is -0.315 e. The lowest BCUT2D eigenvalue weighted by Crippen LogP contribution is -2.34. The van der Waals surface area contributed by atoms with Gasteiger partial charge in [-0.3, -0.25) is 0 Å². The van der Waals surface area contributed by atoms with Gasteiger partial charge in [-0.1, -0.05) is 6.42 Å². The molecule has 2 unspecified atom stereocenters. The predicted octanol–water partition coefficient (Wildman–Crippen LogP) is 0.348. The first-order valence-electron chi connectivity index (χ1n) is 4.41. The molecule has 0 bridgehead atoms. The Morgan fingerprint density at radius 3 is 3.10 bits per heavy atom. The molecule has 2 saturated heterocycles. The second-order valence-electron chi connectivity index (χ2n) is 3.47. The maximum atomic E-state index is 3.58. The molecule has 2 nitrogen and oxygen atoms in total. The van der Waals surface area contributed by atoms with E-state index >= 15 is 0 Å². The van der Waals surface area contributed by atoms with E-state index in [4.69, 9.17) is 0 Å². The van der Waals surface area contributed by atoms with E-state index in [1.54, 1.807) is 0 Å². The first-order valence-corrected chi connectivity index (χ1v) is 4.41. The van der Waals surface area contributed by atoms with Gasteiger partial charge in [0.15, 0.2) is 0 Å². The van der Waals surface area contributed by atoms with Gasteiger partial charge in [0.05, 0.1) is 0 Å². The average Bonchev–Trinajstić information content (AvgIpc) is 2.28. The van der Waals surface area contributed by atoms with Gasteiger partial charge in [0, 0.05) is 12.6 Å². The molecule has 0 aromatic carbocycles. The first kappa shape index (κ1) is 6.62. The molecule has 0 amide bonds. The zero-order valence-corrected chi connectivity index (χ0v) is 6.40. The Morgan fingerprint density at radius 1 is 1.10 bits per heavy atom. The topological polar surface area (TPSA) is 24.1 Å². The molecule has 2 N–H and O–H groups in total. The molecule has 2 atom stereocenters. The highest BCUT2D eigenvalue weighted by Gasteiger charge is 2.27. The quantitative estimate of drug-likeness (QED) is 0.507. The van der Waals surface area contributed by atoms with Gasteiger partial charge in [-0.05, 0) is 31.8 Å². The molecule has 2 aliphatic heterocycles. The van der Waals surface area contributed by atoms with Gasteiger partial charge in [-0.2, -0.15) is 0 Å². The smallest absolute Gasteiger partial charge is 0.0232 e. The highest BCUT2D eigenvalue weighted by molar-refractivity contribution is 4.87. The molecule has 10 heavy (non-hydrogen) atoms. The molecule has 0 spiro atoms. The Balaban J connectivity index is 1.95. The molecular weight excluding hydrogens is 124 g/mol. The summed E-state index contributed by atoms with van der Waals surface area (Å²) in [5.41, 5.74) is 0. The van der Waals surface area contributed by atoms with Crippen molar-refractivity contribution in [2.24, 2.45) is 5.92 Å². The van der Waals surface area contributed by atoms with E-state index in [-0.39, 0.29) is 0 Å². The van der Waals surface area contributed by atoms with Crippen LogP contribution in [0.15, 0.2) is 0 Å². The van der Waals surface area contributed by atoms with Crippen LogP contribution in [0.3, 0.4) is 0 Å². The van der Waals surface area contributed by atoms with Gasteiger partial charge in [0.1, 0.15) is 0 Å². The van der Waals surface area contributed by atoms with Crippen LogP contribution < -0.4 is 10.6 Å². The van der Waals surface area contributed by atoms with Crippen molar-refractivity contribution in [2.75, 3.05) is 19.6 Å². The SMILES string of the molecule is C1CCC2CNCC2NC1. The van der Waals surface area contributed by atoms with E-state index in [0.29, 0.717) is 0 Å². The molecule has 0 aromatic rings. The maximum absolute atomic E-state index is 3.58. The van der Waals surface area contributed by atoms with Crippen molar-refractivity contribution in [1.82, 2.24) is 10.6 Å². The number of nitrogens with one attached hydrogen (secondary N) is 2. The molecule has 0 radical (unpaired) electrons. The third kappa shape index (κ3) is 1.18. The van der Waals surface area contributed by atoms with E-state index in [9.17, 15) is 0 Å². The molecule has 2 fully saturated rings. The zero-order valence-electron chi connectivity index (χ0n) is 6.40. The number of hydrogen-bond donors (Lipinski definition) is 2. The molecule has 58 valence electrons. The molecular formula is C8H16N2. The Kier molecular flexibility index (Phi) is 1.91. The van der Waals surface area contributed by atoms with Gasteiger partial charge in [0.25, 0.3) is 0 Å². The van der Waals surface area contributed by atoms with Crippen LogP contribution >= 0.6 is 0 Å². The maximum Gasteiger partial charge on any atom is 0.0232 e. The highest BCUT2D eigenvalue weighted by atomic mass is 15.0. The molecule has 2 aliphatic rings. The minimum atomic E-state index is 0.794. The molecule has 2 rings (SSSR count). The van der Waals surface area contributed by atoms with Crippen LogP contribution in [0.1, 0.15) is 19.3 Å². The van der Waals surface area contributed by atoms with Crippen LogP contribution in [0.25, 0.3) is 0 Å². The first-order chi connectivity index (χ1) is 4.97. The summed E-state index contributed by atoms with van der Waals surface area (Å²) in [4.78, 5) is 0. The van der Waals surface area contributed by atoms with E-state index in [1.165, 1.54) is 38.9 Å². The third-order valence-electron chi connectivity index (χ3n) is 2.75. The Hall–Kier alpha value is -0.0800. The van der Waals surface area contributed by atoms with Gasteiger partial charge in [-0.15, -0.1) is 0 Å². The van der Waals surface area contributed by atoms with E-state index < -0.39 is 0 Å². The predicted molar refractivity (Wildman–Crippen MR) is 42.0 cm³/mol. The zero-order chi connectivity index (χ0) is 6.81. The van der Waals surface area contributed by atoms with E-state index in [1.807, 2.05) is 0 Å². The lowest BCUT2D eigenvalue weighted by molar-refractivity contribution is 0.443. The molecule has 0 aliphatic carbocycles. The summed E-state index contributed by atoms with van der Waals surface area (Å²) < 4.78 is 0. The Morgan fingerprint density at radius 2 is 2.10 bits per heavy atom. The standard InChI is InChI=1S/C8H16N2/c1-2-4-10-8-6-9-5-7(8)3-1/h7-10H,1-6H2. The summed E-state index contributed by atoms with van der Waals surface area (Å²) in [6.07, 6.45) is 4.24. The van der Waals surface area contributed by atoms with Gasteiger partial charge in [0.2, 0.25) is 0 Å². The Bertz CT molecular complexity index is 102. The van der Waals surface area contributed by atoms with Crippen LogP contribution in [-0.4, -0.2) is 25.7 Å². The van der Waals surface area contributed by atoms with Crippen molar-refractivity contribution in [1.29, 1.82) is 0 Å². The minimum absolute atomic E-state index is 0.794. The van der Waals surface area contributed by atoms with Gasteiger partial charge < -0.3 is 10.6 Å². The summed E-state index contributed by atoms with van der Waals surface area (Å²) in [6, 6.07) is 0.794. The summed E-state index contributed by atoms with van der Waals surface area (Å²) in [7, 11) is 0. The lowest BCUT2D eigenvalue weighted by atomic mass is 9.99. The molecule has 0 saturated carbocycles. The number of fused-ring (bicyclic) bond motifs is 1. The summed E-state index contributed by atoms with van der Waals surface area (Å²) in [6.45, 7) is 3.69. The van der Waals surface area contributed by atoms with Crippen molar-refractivity contribution < 1.29 is 0 Å². The summed E-state index contributed by atoms with van der Waals surface area (Å²) in [5, 5.41) is 7.01. The van der Waals surface area contributed by atoms with Crippen LogP contribution in [0.2, 0.25) is 0 Å². The van der Waals surface area contributed by atoms with Crippen molar-refractivity contribution >= 4 is 0 Å². The Labute approximate surface area is 62.4 Å². The number of hydrogen-bond acceptors (Lipinski definition) is 2. The fraction of sp³-hybridized carbons (Fsp3) is 1.00. The van der Waals surface area contributed by atoms with E-state index in [2.05, 4.69) is 10.6 Å². The fourth-order valence-electron chi connectivity index (χ4n) is 2.09. The average molecular weight is 140 g/mol. The largest absolute Gasteiger partial charge is 0.315 e. The lowest BCUT2D eigenvalue weighted by Gasteiger charge is -2.14. The second-order valence-corrected chi connectivity index (χ2v) is 3.47. The van der Waals surface area contributed by atoms with Gasteiger partial charge >= 0.3 is 0 Å². The van der Waals surface area contributed by atoms with Crippen molar-refractivity contribution in [3.8, 4) is 0 Å². The van der Waals surface area contributed by atoms with Crippen molar-refractivity contribution in [3.05, 3.63) is 0 Å². The van der Waals surface area contributed by atoms with Gasteiger partial charge in [-0.25, -0.2) is 0 Å². The van der Waals surface area contributed by atoms with Crippen LogP contribution in [-0.2, 0) is 0 Å². The van der Waals surface area contributed by atoms with Crippen molar-refractivity contribution in [2.45, 2.75) is 25.3 Å². The van der Waals surface area contributed by atoms with Crippen LogP contribution in [0.5, 0.6) is 0 Å². The molecule has 0 aromatic heterocycles. The van der Waals surface area contributed by atoms with Crippen LogP contribution in [0, 0.1) is 5.92 Å². The normalized spacial score (nSPS) is 40.8. The molecule has 2 heteroatoms. The van der Waals surface area contributed by atoms with Crippen LogP contribution in [0.4, 0.5) is 0 Å². The summed E-state index contributed by atoms with van der Waals surface area (Å²) >= 11 is 0. The highest BCUT2D eigenvalue weighted by Crippen LogP contribution is 2.18. The second kappa shape index (κ2) is 2.89. The van der Waals surface area contributed by atoms with Crippen molar-refractivity contribution in [3.63, 3.8) is 0 Å². The monoisotopic (exact) mass is 140 g/mol. The third-order valence-corrected chi connectivity index (χ3v) is 2.75. The molecule has 2 heterocycles. The van der Waals surface area contributed by atoms with E-state index in [0.717, 1.165) is 12.0 Å². The number of rotatable bonds is 0. The summed E-state index contributed by atoms with van der Waals surface area (Å²) in [5.74, 6) is 0.933.